The molecule has 1 amide bonds. The van der Waals surface area contributed by atoms with Crippen LogP contribution in [0.5, 0.6) is 0 Å². The molecule has 0 fully saturated rings. The second-order valence-electron chi connectivity index (χ2n) is 5.52. The fourth-order valence-corrected chi connectivity index (χ4v) is 2.56. The number of hydrogen-bond acceptors (Lipinski definition) is 2. The Hall–Kier alpha value is -1.22. The summed E-state index contributed by atoms with van der Waals surface area (Å²) in [4.78, 5) is 11.5. The zero-order chi connectivity index (χ0) is 15.5. The summed E-state index contributed by atoms with van der Waals surface area (Å²) in [6.45, 7) is 2.22. The summed E-state index contributed by atoms with van der Waals surface area (Å²) in [6.07, 6.45) is 9.39. The number of unbranched alkanes of at least 4 members (excludes halogenated alkanes) is 6. The summed E-state index contributed by atoms with van der Waals surface area (Å²) in [5, 5.41) is 3.82. The zero-order valence-electron chi connectivity index (χ0n) is 12.9. The molecular weight excluding hydrogens is 284 g/mol. The number of primary amides is 1. The van der Waals surface area contributed by atoms with Crippen molar-refractivity contribution in [2.24, 2.45) is 5.73 Å². The molecule has 0 aliphatic rings. The fraction of sp³-hybridized carbons (Fsp3) is 0.588. The Balaban J connectivity index is 2.29. The van der Waals surface area contributed by atoms with Gasteiger partial charge < -0.3 is 11.1 Å². The normalized spacial score (nSPS) is 12.1. The van der Waals surface area contributed by atoms with E-state index in [2.05, 4.69) is 12.2 Å². The predicted molar refractivity (Wildman–Crippen MR) is 90.7 cm³/mol. The van der Waals surface area contributed by atoms with Gasteiger partial charge in [0.05, 0.1) is 0 Å². The van der Waals surface area contributed by atoms with Crippen LogP contribution in [0.3, 0.4) is 0 Å². The topological polar surface area (TPSA) is 55.1 Å². The van der Waals surface area contributed by atoms with Gasteiger partial charge in [0.15, 0.2) is 0 Å². The van der Waals surface area contributed by atoms with E-state index in [4.69, 9.17) is 17.3 Å². The molecule has 0 saturated heterocycles. The van der Waals surface area contributed by atoms with Gasteiger partial charge in [-0.3, -0.25) is 4.79 Å². The van der Waals surface area contributed by atoms with Crippen LogP contribution in [-0.2, 0) is 4.79 Å². The number of anilines is 1. The van der Waals surface area contributed by atoms with E-state index in [1.54, 1.807) is 0 Å². The van der Waals surface area contributed by atoms with E-state index in [0.29, 0.717) is 5.02 Å². The number of carbonyl (C=O) groups excluding carboxylic acids is 1. The van der Waals surface area contributed by atoms with E-state index < -0.39 is 0 Å². The molecule has 1 rings (SSSR count). The first-order chi connectivity index (χ1) is 10.1. The number of halogens is 1. The lowest BCUT2D eigenvalue weighted by Gasteiger charge is -2.16. The highest BCUT2D eigenvalue weighted by molar-refractivity contribution is 6.30. The Kier molecular flexibility index (Phi) is 8.91. The third-order valence-electron chi connectivity index (χ3n) is 3.61. The van der Waals surface area contributed by atoms with Gasteiger partial charge in [-0.2, -0.15) is 0 Å². The van der Waals surface area contributed by atoms with E-state index in [-0.39, 0.29) is 11.9 Å². The van der Waals surface area contributed by atoms with Crippen LogP contribution >= 0.6 is 11.6 Å². The van der Waals surface area contributed by atoms with Crippen LogP contribution in [0.1, 0.15) is 58.3 Å². The number of rotatable bonds is 11. The highest BCUT2D eigenvalue weighted by Crippen LogP contribution is 2.17. The van der Waals surface area contributed by atoms with Crippen molar-refractivity contribution in [2.75, 3.05) is 5.32 Å². The molecule has 21 heavy (non-hydrogen) atoms. The lowest BCUT2D eigenvalue weighted by molar-refractivity contribution is -0.118. The summed E-state index contributed by atoms with van der Waals surface area (Å²) in [5.74, 6) is -0.305. The molecule has 0 aliphatic carbocycles. The Morgan fingerprint density at radius 1 is 1.19 bits per heavy atom. The standard InChI is InChI=1S/C17H27ClN2O/c1-2-3-4-5-6-7-8-12-16(17(19)21)20-15-11-9-10-14(18)13-15/h9-11,13,16,20H,2-8,12H2,1H3,(H2,19,21). The van der Waals surface area contributed by atoms with Gasteiger partial charge in [-0.1, -0.05) is 69.5 Å². The smallest absolute Gasteiger partial charge is 0.239 e. The van der Waals surface area contributed by atoms with Gasteiger partial charge >= 0.3 is 0 Å². The number of hydrogen-bond donors (Lipinski definition) is 2. The largest absolute Gasteiger partial charge is 0.374 e. The molecule has 3 nitrogen and oxygen atoms in total. The van der Waals surface area contributed by atoms with E-state index in [0.717, 1.165) is 24.9 Å². The molecule has 0 heterocycles. The number of benzene rings is 1. The van der Waals surface area contributed by atoms with Crippen molar-refractivity contribution in [3.8, 4) is 0 Å². The van der Waals surface area contributed by atoms with Crippen LogP contribution in [-0.4, -0.2) is 11.9 Å². The van der Waals surface area contributed by atoms with Crippen molar-refractivity contribution in [1.82, 2.24) is 0 Å². The van der Waals surface area contributed by atoms with E-state index >= 15 is 0 Å². The Bertz CT molecular complexity index is 423. The van der Waals surface area contributed by atoms with E-state index in [9.17, 15) is 4.79 Å². The number of amides is 1. The molecule has 0 radical (unpaired) electrons. The molecule has 3 N–H and O–H groups in total. The summed E-state index contributed by atoms with van der Waals surface area (Å²) < 4.78 is 0. The van der Waals surface area contributed by atoms with Crippen molar-refractivity contribution in [3.05, 3.63) is 29.3 Å². The number of nitrogens with one attached hydrogen (secondary N) is 1. The van der Waals surface area contributed by atoms with Crippen molar-refractivity contribution in [3.63, 3.8) is 0 Å². The second kappa shape index (κ2) is 10.5. The third kappa shape index (κ3) is 7.96. The Labute approximate surface area is 133 Å². The van der Waals surface area contributed by atoms with Crippen LogP contribution in [0.25, 0.3) is 0 Å². The molecule has 0 aromatic heterocycles. The van der Waals surface area contributed by atoms with Crippen LogP contribution < -0.4 is 11.1 Å². The highest BCUT2D eigenvalue weighted by Gasteiger charge is 2.14. The monoisotopic (exact) mass is 310 g/mol. The average Bonchev–Trinajstić information content (AvgIpc) is 2.45. The lowest BCUT2D eigenvalue weighted by atomic mass is 10.0. The molecule has 0 spiro atoms. The molecule has 4 heteroatoms. The maximum atomic E-state index is 11.5. The molecule has 0 aliphatic heterocycles. The molecule has 1 aromatic carbocycles. The predicted octanol–water partition coefficient (Wildman–Crippen LogP) is 4.75. The van der Waals surface area contributed by atoms with Crippen LogP contribution in [0.4, 0.5) is 5.69 Å². The fourth-order valence-electron chi connectivity index (χ4n) is 2.37. The number of nitrogens with two attached hydrogens (primary N) is 1. The maximum Gasteiger partial charge on any atom is 0.239 e. The second-order valence-corrected chi connectivity index (χ2v) is 5.96. The van der Waals surface area contributed by atoms with E-state index in [1.807, 2.05) is 24.3 Å². The van der Waals surface area contributed by atoms with Crippen molar-refractivity contribution in [1.29, 1.82) is 0 Å². The average molecular weight is 311 g/mol. The van der Waals surface area contributed by atoms with Crippen molar-refractivity contribution in [2.45, 2.75) is 64.3 Å². The van der Waals surface area contributed by atoms with Gasteiger partial charge in [-0.25, -0.2) is 0 Å². The van der Waals surface area contributed by atoms with Gasteiger partial charge in [0.1, 0.15) is 6.04 Å². The van der Waals surface area contributed by atoms with Gasteiger partial charge in [0.25, 0.3) is 0 Å². The van der Waals surface area contributed by atoms with E-state index in [1.165, 1.54) is 32.1 Å². The summed E-state index contributed by atoms with van der Waals surface area (Å²) in [7, 11) is 0. The lowest BCUT2D eigenvalue weighted by Crippen LogP contribution is -2.35. The summed E-state index contributed by atoms with van der Waals surface area (Å²) in [5.41, 5.74) is 6.31. The molecule has 1 atom stereocenters. The molecule has 0 saturated carbocycles. The quantitative estimate of drug-likeness (QED) is 0.580. The summed E-state index contributed by atoms with van der Waals surface area (Å²) in [6, 6.07) is 7.05. The van der Waals surface area contributed by atoms with Gasteiger partial charge in [-0.05, 0) is 24.6 Å². The Morgan fingerprint density at radius 3 is 2.48 bits per heavy atom. The molecule has 118 valence electrons. The maximum absolute atomic E-state index is 11.5. The Morgan fingerprint density at radius 2 is 1.86 bits per heavy atom. The third-order valence-corrected chi connectivity index (χ3v) is 3.84. The minimum atomic E-state index is -0.320. The van der Waals surface area contributed by atoms with Crippen molar-refractivity contribution < 1.29 is 4.79 Å². The van der Waals surface area contributed by atoms with Crippen LogP contribution in [0.15, 0.2) is 24.3 Å². The van der Waals surface area contributed by atoms with Crippen LogP contribution in [0, 0.1) is 0 Å². The molecular formula is C17H27ClN2O. The molecule has 1 aromatic rings. The molecule has 1 unspecified atom stereocenters. The first-order valence-corrected chi connectivity index (χ1v) is 8.32. The number of carbonyl (C=O) groups is 1. The molecule has 0 bridgehead atoms. The van der Waals surface area contributed by atoms with Gasteiger partial charge in [0, 0.05) is 10.7 Å². The van der Waals surface area contributed by atoms with Crippen molar-refractivity contribution >= 4 is 23.2 Å². The minimum absolute atomic E-state index is 0.305. The van der Waals surface area contributed by atoms with Crippen LogP contribution in [0.2, 0.25) is 5.02 Å². The highest BCUT2D eigenvalue weighted by atomic mass is 35.5. The van der Waals surface area contributed by atoms with Gasteiger partial charge in [-0.15, -0.1) is 0 Å². The first-order valence-electron chi connectivity index (χ1n) is 7.95. The minimum Gasteiger partial charge on any atom is -0.374 e. The summed E-state index contributed by atoms with van der Waals surface area (Å²) >= 11 is 5.94. The SMILES string of the molecule is CCCCCCCCCC(Nc1cccc(Cl)c1)C(N)=O. The zero-order valence-corrected chi connectivity index (χ0v) is 13.7. The first kappa shape index (κ1) is 17.8. The van der Waals surface area contributed by atoms with Gasteiger partial charge in [0.2, 0.25) is 5.91 Å².